The van der Waals surface area contributed by atoms with Gasteiger partial charge in [0, 0.05) is 17.6 Å². The first-order valence-electron chi connectivity index (χ1n) is 7.60. The molecule has 4 nitrogen and oxygen atoms in total. The number of morpholine rings is 1. The molecule has 2 heterocycles. The number of nitrogens with zero attached hydrogens (tertiary/aromatic N) is 1. The number of carbonyl (C=O) groups is 1. The van der Waals surface area contributed by atoms with E-state index < -0.39 is 0 Å². The minimum atomic E-state index is -0.0169. The third-order valence-corrected chi connectivity index (χ3v) is 4.74. The Bertz CT molecular complexity index is 509. The van der Waals surface area contributed by atoms with Crippen LogP contribution in [0, 0.1) is 5.92 Å². The third-order valence-electron chi connectivity index (χ3n) is 4.24. The maximum Gasteiger partial charge on any atom is 0.227 e. The van der Waals surface area contributed by atoms with Crippen LogP contribution in [0.15, 0.2) is 28.7 Å². The molecule has 2 aliphatic heterocycles. The third kappa shape index (κ3) is 4.22. The molecule has 3 rings (SSSR count). The van der Waals surface area contributed by atoms with E-state index in [0.29, 0.717) is 19.7 Å². The molecular weight excluding hydrogens is 368 g/mol. The number of hydrogen-bond acceptors (Lipinski definition) is 3. The van der Waals surface area contributed by atoms with Crippen molar-refractivity contribution in [3.05, 3.63) is 34.3 Å². The van der Waals surface area contributed by atoms with Crippen molar-refractivity contribution < 1.29 is 9.53 Å². The van der Waals surface area contributed by atoms with Gasteiger partial charge in [-0.2, -0.15) is 0 Å². The number of ether oxygens (including phenoxy) is 1. The SMILES string of the molecule is Cl.O=C(C1CCCNC1)N1CCOC(c2cccc(Br)c2)C1. The molecule has 22 heavy (non-hydrogen) atoms. The Kier molecular flexibility index (Phi) is 6.68. The zero-order valence-electron chi connectivity index (χ0n) is 12.5. The number of amides is 1. The first kappa shape index (κ1) is 17.7. The summed E-state index contributed by atoms with van der Waals surface area (Å²) in [5.41, 5.74) is 1.13. The van der Waals surface area contributed by atoms with Crippen LogP contribution in [0.4, 0.5) is 0 Å². The van der Waals surface area contributed by atoms with Crippen LogP contribution in [0.25, 0.3) is 0 Å². The molecule has 1 N–H and O–H groups in total. The highest BCUT2D eigenvalue weighted by Gasteiger charge is 2.30. The summed E-state index contributed by atoms with van der Waals surface area (Å²) in [5.74, 6) is 0.422. The largest absolute Gasteiger partial charge is 0.370 e. The fourth-order valence-electron chi connectivity index (χ4n) is 3.08. The molecule has 0 radical (unpaired) electrons. The van der Waals surface area contributed by atoms with Gasteiger partial charge in [-0.1, -0.05) is 28.1 Å². The van der Waals surface area contributed by atoms with Crippen LogP contribution in [0.1, 0.15) is 24.5 Å². The molecule has 2 saturated heterocycles. The van der Waals surface area contributed by atoms with E-state index in [-0.39, 0.29) is 30.3 Å². The first-order chi connectivity index (χ1) is 10.2. The van der Waals surface area contributed by atoms with Gasteiger partial charge in [-0.3, -0.25) is 4.79 Å². The van der Waals surface area contributed by atoms with Crippen LogP contribution in [-0.2, 0) is 9.53 Å². The van der Waals surface area contributed by atoms with Crippen molar-refractivity contribution in [3.8, 4) is 0 Å². The molecule has 1 amide bonds. The highest BCUT2D eigenvalue weighted by Crippen LogP contribution is 2.26. The Morgan fingerprint density at radius 3 is 3.00 bits per heavy atom. The maximum absolute atomic E-state index is 12.6. The molecule has 2 unspecified atom stereocenters. The summed E-state index contributed by atoms with van der Waals surface area (Å²) in [6.45, 7) is 3.83. The molecule has 0 aliphatic carbocycles. The van der Waals surface area contributed by atoms with E-state index in [1.54, 1.807) is 0 Å². The monoisotopic (exact) mass is 388 g/mol. The van der Waals surface area contributed by atoms with Gasteiger partial charge < -0.3 is 15.0 Å². The number of hydrogen-bond donors (Lipinski definition) is 1. The van der Waals surface area contributed by atoms with Crippen molar-refractivity contribution in [2.24, 2.45) is 5.92 Å². The Hall–Kier alpha value is -0.620. The van der Waals surface area contributed by atoms with Gasteiger partial charge >= 0.3 is 0 Å². The smallest absolute Gasteiger partial charge is 0.227 e. The second-order valence-corrected chi connectivity index (χ2v) is 6.66. The van der Waals surface area contributed by atoms with E-state index >= 15 is 0 Å². The standard InChI is InChI=1S/C16H21BrN2O2.ClH/c17-14-5-1-3-12(9-14)15-11-19(7-8-21-15)16(20)13-4-2-6-18-10-13;/h1,3,5,9,13,15,18H,2,4,6-8,10-11H2;1H. The molecule has 2 fully saturated rings. The average Bonchev–Trinajstić information content (AvgIpc) is 2.55. The molecule has 0 spiro atoms. The second-order valence-electron chi connectivity index (χ2n) is 5.74. The molecule has 0 aromatic heterocycles. The van der Waals surface area contributed by atoms with E-state index in [2.05, 4.69) is 33.4 Å². The lowest BCUT2D eigenvalue weighted by atomic mass is 9.97. The predicted octanol–water partition coefficient (Wildman–Crippen LogP) is 2.77. The summed E-state index contributed by atoms with van der Waals surface area (Å²) in [7, 11) is 0. The van der Waals surface area contributed by atoms with Crippen molar-refractivity contribution >= 4 is 34.2 Å². The number of halogens is 2. The van der Waals surface area contributed by atoms with Crippen LogP contribution in [0.3, 0.4) is 0 Å². The second kappa shape index (κ2) is 8.29. The van der Waals surface area contributed by atoms with Crippen molar-refractivity contribution in [1.82, 2.24) is 10.2 Å². The van der Waals surface area contributed by atoms with Gasteiger partial charge in [-0.05, 0) is 37.1 Å². The summed E-state index contributed by atoms with van der Waals surface area (Å²) in [4.78, 5) is 14.6. The molecule has 0 bridgehead atoms. The number of carbonyl (C=O) groups excluding carboxylic acids is 1. The Morgan fingerprint density at radius 2 is 2.27 bits per heavy atom. The van der Waals surface area contributed by atoms with Gasteiger partial charge in [-0.15, -0.1) is 12.4 Å². The minimum absolute atomic E-state index is 0. The van der Waals surface area contributed by atoms with Gasteiger partial charge in [-0.25, -0.2) is 0 Å². The number of nitrogens with one attached hydrogen (secondary N) is 1. The lowest BCUT2D eigenvalue weighted by molar-refractivity contribution is -0.143. The maximum atomic E-state index is 12.6. The summed E-state index contributed by atoms with van der Waals surface area (Å²) in [5, 5.41) is 3.32. The van der Waals surface area contributed by atoms with Crippen LogP contribution in [0.5, 0.6) is 0 Å². The zero-order chi connectivity index (χ0) is 14.7. The Morgan fingerprint density at radius 1 is 1.41 bits per heavy atom. The highest BCUT2D eigenvalue weighted by molar-refractivity contribution is 9.10. The fraction of sp³-hybridized carbons (Fsp3) is 0.562. The minimum Gasteiger partial charge on any atom is -0.370 e. The lowest BCUT2D eigenvalue weighted by Crippen LogP contribution is -2.48. The van der Waals surface area contributed by atoms with Gasteiger partial charge in [0.05, 0.1) is 19.1 Å². The predicted molar refractivity (Wildman–Crippen MR) is 92.3 cm³/mol. The molecule has 2 aliphatic rings. The number of rotatable bonds is 2. The van der Waals surface area contributed by atoms with E-state index in [9.17, 15) is 4.79 Å². The number of benzene rings is 1. The first-order valence-corrected chi connectivity index (χ1v) is 8.40. The van der Waals surface area contributed by atoms with Gasteiger partial charge in [0.15, 0.2) is 0 Å². The molecule has 1 aromatic carbocycles. The van der Waals surface area contributed by atoms with E-state index in [1.807, 2.05) is 17.0 Å². The molecule has 0 saturated carbocycles. The quantitative estimate of drug-likeness (QED) is 0.845. The van der Waals surface area contributed by atoms with Crippen LogP contribution in [0.2, 0.25) is 0 Å². The van der Waals surface area contributed by atoms with Gasteiger partial charge in [0.25, 0.3) is 0 Å². The highest BCUT2D eigenvalue weighted by atomic mass is 79.9. The Balaban J connectivity index is 0.00000176. The van der Waals surface area contributed by atoms with Gasteiger partial charge in [0.2, 0.25) is 5.91 Å². The average molecular weight is 390 g/mol. The van der Waals surface area contributed by atoms with Crippen molar-refractivity contribution in [1.29, 1.82) is 0 Å². The normalized spacial score (nSPS) is 25.4. The summed E-state index contributed by atoms with van der Waals surface area (Å²) < 4.78 is 6.90. The van der Waals surface area contributed by atoms with E-state index in [0.717, 1.165) is 36.0 Å². The zero-order valence-corrected chi connectivity index (χ0v) is 14.9. The number of piperidine rings is 1. The lowest BCUT2D eigenvalue weighted by Gasteiger charge is -2.36. The molecule has 1 aromatic rings. The fourth-order valence-corrected chi connectivity index (χ4v) is 3.50. The molecule has 2 atom stereocenters. The van der Waals surface area contributed by atoms with Crippen molar-refractivity contribution in [2.75, 3.05) is 32.8 Å². The van der Waals surface area contributed by atoms with Crippen molar-refractivity contribution in [3.63, 3.8) is 0 Å². The Labute approximate surface area is 146 Å². The van der Waals surface area contributed by atoms with Crippen molar-refractivity contribution in [2.45, 2.75) is 18.9 Å². The molecule has 122 valence electrons. The van der Waals surface area contributed by atoms with E-state index in [4.69, 9.17) is 4.74 Å². The van der Waals surface area contributed by atoms with Crippen LogP contribution in [-0.4, -0.2) is 43.6 Å². The van der Waals surface area contributed by atoms with Crippen LogP contribution < -0.4 is 5.32 Å². The molecule has 6 heteroatoms. The molecular formula is C16H22BrClN2O2. The topological polar surface area (TPSA) is 41.6 Å². The summed E-state index contributed by atoms with van der Waals surface area (Å²) >= 11 is 3.49. The van der Waals surface area contributed by atoms with Crippen LogP contribution >= 0.6 is 28.3 Å². The van der Waals surface area contributed by atoms with E-state index in [1.165, 1.54) is 0 Å². The summed E-state index contributed by atoms with van der Waals surface area (Å²) in [6.07, 6.45) is 2.08. The van der Waals surface area contributed by atoms with Gasteiger partial charge in [0.1, 0.15) is 6.10 Å². The summed E-state index contributed by atoms with van der Waals surface area (Å²) in [6, 6.07) is 8.14.